The average molecular weight is 442 g/mol. The van der Waals surface area contributed by atoms with Crippen molar-refractivity contribution < 1.29 is 13.9 Å². The van der Waals surface area contributed by atoms with Gasteiger partial charge in [-0.2, -0.15) is 4.37 Å². The topological polar surface area (TPSA) is 55.3 Å². The smallest absolute Gasteiger partial charge is 0.205 e. The molecule has 2 aromatic carbocycles. The summed E-state index contributed by atoms with van der Waals surface area (Å²) < 4.78 is 22.9. The van der Waals surface area contributed by atoms with Gasteiger partial charge in [-0.3, -0.25) is 4.79 Å². The Morgan fingerprint density at radius 3 is 2.68 bits per heavy atom. The molecule has 0 amide bonds. The van der Waals surface area contributed by atoms with Gasteiger partial charge in [0.05, 0.1) is 7.11 Å². The molecule has 3 aromatic rings. The Bertz CT molecular complexity index is 988. The van der Waals surface area contributed by atoms with Crippen LogP contribution in [-0.2, 0) is 6.42 Å². The number of aromatic nitrogens is 2. The number of nitrogens with zero attached hydrogens (tertiary/aromatic N) is 3. The molecule has 0 aliphatic rings. The van der Waals surface area contributed by atoms with Gasteiger partial charge in [-0.05, 0) is 54.3 Å². The zero-order valence-electron chi connectivity index (χ0n) is 18.2. The minimum Gasteiger partial charge on any atom is -0.497 e. The Balaban J connectivity index is 1.61. The second kappa shape index (κ2) is 11.0. The summed E-state index contributed by atoms with van der Waals surface area (Å²) in [6.07, 6.45) is 1.76. The molecule has 0 aliphatic carbocycles. The highest BCUT2D eigenvalue weighted by atomic mass is 32.1. The van der Waals surface area contributed by atoms with E-state index in [0.29, 0.717) is 30.7 Å². The van der Waals surface area contributed by atoms with Gasteiger partial charge in [0.2, 0.25) is 5.13 Å². The molecule has 31 heavy (non-hydrogen) atoms. The molecule has 0 radical (unpaired) electrons. The van der Waals surface area contributed by atoms with Gasteiger partial charge in [-0.15, -0.1) is 0 Å². The minimum atomic E-state index is -0.333. The maximum absolute atomic E-state index is 13.1. The van der Waals surface area contributed by atoms with Crippen molar-refractivity contribution in [3.63, 3.8) is 0 Å². The highest BCUT2D eigenvalue weighted by Gasteiger charge is 2.15. The molecule has 1 heterocycles. The van der Waals surface area contributed by atoms with E-state index in [1.54, 1.807) is 19.2 Å². The van der Waals surface area contributed by atoms with E-state index in [1.807, 2.05) is 24.3 Å². The van der Waals surface area contributed by atoms with Gasteiger partial charge >= 0.3 is 0 Å². The Labute approximate surface area is 187 Å². The fourth-order valence-corrected chi connectivity index (χ4v) is 4.05. The van der Waals surface area contributed by atoms with Crippen LogP contribution in [0.25, 0.3) is 0 Å². The van der Waals surface area contributed by atoms with Crippen LogP contribution >= 0.6 is 11.5 Å². The molecule has 164 valence electrons. The molecule has 0 unspecified atom stereocenters. The van der Waals surface area contributed by atoms with Crippen molar-refractivity contribution in [1.29, 1.82) is 0 Å². The quantitative estimate of drug-likeness (QED) is 0.373. The highest BCUT2D eigenvalue weighted by Crippen LogP contribution is 2.22. The van der Waals surface area contributed by atoms with Gasteiger partial charge in [0.15, 0.2) is 5.78 Å². The second-order valence-corrected chi connectivity index (χ2v) is 8.63. The van der Waals surface area contributed by atoms with Gasteiger partial charge in [0.25, 0.3) is 0 Å². The lowest BCUT2D eigenvalue weighted by Gasteiger charge is -2.23. The van der Waals surface area contributed by atoms with Crippen molar-refractivity contribution in [2.45, 2.75) is 33.1 Å². The summed E-state index contributed by atoms with van der Waals surface area (Å²) in [5, 5.41) is 0.876. The van der Waals surface area contributed by atoms with Crippen LogP contribution in [0.5, 0.6) is 5.75 Å². The van der Waals surface area contributed by atoms with Crippen LogP contribution in [0.4, 0.5) is 9.52 Å². The zero-order valence-corrected chi connectivity index (χ0v) is 19.0. The van der Waals surface area contributed by atoms with E-state index in [2.05, 4.69) is 23.1 Å². The summed E-state index contributed by atoms with van der Waals surface area (Å²) in [6.45, 7) is 5.89. The van der Waals surface area contributed by atoms with Gasteiger partial charge in [-0.1, -0.05) is 26.0 Å². The van der Waals surface area contributed by atoms with E-state index in [9.17, 15) is 9.18 Å². The molecule has 0 saturated heterocycles. The summed E-state index contributed by atoms with van der Waals surface area (Å²) in [5.41, 5.74) is 1.65. The van der Waals surface area contributed by atoms with Crippen LogP contribution in [0.2, 0.25) is 0 Å². The van der Waals surface area contributed by atoms with Crippen molar-refractivity contribution in [1.82, 2.24) is 9.36 Å². The molecule has 0 aliphatic heterocycles. The number of anilines is 1. The SMILES string of the molecule is COc1cccc(Cc2nsc(N(CCCC(=O)c3ccc(F)cc3)CC(C)C)n2)c1. The monoisotopic (exact) mass is 441 g/mol. The second-order valence-electron chi connectivity index (χ2n) is 7.89. The van der Waals surface area contributed by atoms with E-state index in [-0.39, 0.29) is 11.6 Å². The van der Waals surface area contributed by atoms with Crippen LogP contribution in [0.15, 0.2) is 48.5 Å². The number of carbonyl (C=O) groups excluding carboxylic acids is 1. The number of rotatable bonds is 11. The van der Waals surface area contributed by atoms with Gasteiger partial charge in [0.1, 0.15) is 17.4 Å². The summed E-state index contributed by atoms with van der Waals surface area (Å²) >= 11 is 1.39. The first-order chi connectivity index (χ1) is 14.9. The molecular formula is C24H28FN3O2S. The highest BCUT2D eigenvalue weighted by molar-refractivity contribution is 7.09. The van der Waals surface area contributed by atoms with E-state index >= 15 is 0 Å². The minimum absolute atomic E-state index is 0.0282. The van der Waals surface area contributed by atoms with Gasteiger partial charge < -0.3 is 9.64 Å². The molecule has 0 atom stereocenters. The number of ketones is 1. The molecule has 0 spiro atoms. The number of carbonyl (C=O) groups is 1. The molecule has 0 saturated carbocycles. The summed E-state index contributed by atoms with van der Waals surface area (Å²) in [7, 11) is 1.66. The maximum Gasteiger partial charge on any atom is 0.205 e. The predicted molar refractivity (Wildman–Crippen MR) is 123 cm³/mol. The van der Waals surface area contributed by atoms with Crippen LogP contribution in [0.3, 0.4) is 0 Å². The average Bonchev–Trinajstić information content (AvgIpc) is 3.21. The lowest BCUT2D eigenvalue weighted by molar-refractivity contribution is 0.0980. The standard InChI is InChI=1S/C24H28FN3O2S/c1-17(2)16-28(13-5-8-22(29)19-9-11-20(25)12-10-19)24-26-23(27-31-24)15-18-6-4-7-21(14-18)30-3/h4,6-7,9-12,14,17H,5,8,13,15-16H2,1-3H3. The zero-order chi connectivity index (χ0) is 22.2. The molecular weight excluding hydrogens is 413 g/mol. The molecule has 0 fully saturated rings. The largest absolute Gasteiger partial charge is 0.497 e. The third kappa shape index (κ3) is 6.85. The molecule has 0 N–H and O–H groups in total. The van der Waals surface area contributed by atoms with Crippen LogP contribution in [-0.4, -0.2) is 35.3 Å². The molecule has 3 rings (SSSR count). The maximum atomic E-state index is 13.1. The summed E-state index contributed by atoms with van der Waals surface area (Å²) in [4.78, 5) is 19.3. The Hall–Kier alpha value is -2.80. The van der Waals surface area contributed by atoms with Crippen molar-refractivity contribution in [2.75, 3.05) is 25.1 Å². The lowest BCUT2D eigenvalue weighted by Crippen LogP contribution is -2.29. The van der Waals surface area contributed by atoms with E-state index in [4.69, 9.17) is 9.72 Å². The summed E-state index contributed by atoms with van der Waals surface area (Å²) in [5.74, 6) is 1.75. The first kappa shape index (κ1) is 22.9. The summed E-state index contributed by atoms with van der Waals surface area (Å²) in [6, 6.07) is 13.6. The van der Waals surface area contributed by atoms with Crippen molar-refractivity contribution in [3.8, 4) is 5.75 Å². The molecule has 5 nitrogen and oxygen atoms in total. The Morgan fingerprint density at radius 2 is 1.97 bits per heavy atom. The number of Topliss-reactive ketones (excluding diaryl/α,β-unsaturated/α-hetero) is 1. The van der Waals surface area contributed by atoms with Gasteiger partial charge in [-0.25, -0.2) is 9.37 Å². The van der Waals surface area contributed by atoms with Gasteiger partial charge in [0, 0.05) is 43.0 Å². The lowest BCUT2D eigenvalue weighted by atomic mass is 10.1. The first-order valence-electron chi connectivity index (χ1n) is 10.4. The fourth-order valence-electron chi connectivity index (χ4n) is 3.33. The van der Waals surface area contributed by atoms with E-state index < -0.39 is 0 Å². The number of hydrogen-bond donors (Lipinski definition) is 0. The predicted octanol–water partition coefficient (Wildman–Crippen LogP) is 5.40. The van der Waals surface area contributed by atoms with Crippen LogP contribution in [0, 0.1) is 11.7 Å². The molecule has 0 bridgehead atoms. The van der Waals surface area contributed by atoms with E-state index in [1.165, 1.54) is 23.7 Å². The molecule has 1 aromatic heterocycles. The fraction of sp³-hybridized carbons (Fsp3) is 0.375. The Morgan fingerprint density at radius 1 is 1.19 bits per heavy atom. The van der Waals surface area contributed by atoms with Crippen molar-refractivity contribution >= 4 is 22.4 Å². The van der Waals surface area contributed by atoms with Crippen LogP contribution < -0.4 is 9.64 Å². The Kier molecular flexibility index (Phi) is 8.12. The number of halogens is 1. The third-order valence-corrected chi connectivity index (χ3v) is 5.62. The van der Waals surface area contributed by atoms with E-state index in [0.717, 1.165) is 35.4 Å². The van der Waals surface area contributed by atoms with Crippen LogP contribution in [0.1, 0.15) is 48.4 Å². The number of hydrogen-bond acceptors (Lipinski definition) is 6. The normalized spacial score (nSPS) is 11.0. The third-order valence-electron chi connectivity index (χ3n) is 4.81. The molecule has 7 heteroatoms. The first-order valence-corrected chi connectivity index (χ1v) is 11.2. The number of ether oxygens (including phenoxy) is 1. The van der Waals surface area contributed by atoms with Crippen molar-refractivity contribution in [3.05, 3.63) is 71.3 Å². The number of benzene rings is 2. The number of methoxy groups -OCH3 is 1. The van der Waals surface area contributed by atoms with Crippen molar-refractivity contribution in [2.24, 2.45) is 5.92 Å².